The summed E-state index contributed by atoms with van der Waals surface area (Å²) >= 11 is 0. The standard InChI is InChI=1S/C14H16N2/c1-11-3-6-13(7-4-11)14-8-5-12(9-15)10-16(14)2/h3-4,6-7,10,14H,5,8H2,1-2H3/t14-/m0/s1. The molecule has 0 bridgehead atoms. The van der Waals surface area contributed by atoms with Gasteiger partial charge in [-0.1, -0.05) is 29.8 Å². The van der Waals surface area contributed by atoms with Crippen LogP contribution < -0.4 is 0 Å². The van der Waals surface area contributed by atoms with Crippen LogP contribution in [0, 0.1) is 18.3 Å². The molecule has 0 aromatic heterocycles. The molecule has 1 heterocycles. The van der Waals surface area contributed by atoms with Gasteiger partial charge in [-0.25, -0.2) is 0 Å². The minimum Gasteiger partial charge on any atom is -0.373 e. The Labute approximate surface area is 96.8 Å². The molecule has 1 aromatic carbocycles. The summed E-state index contributed by atoms with van der Waals surface area (Å²) in [7, 11) is 2.04. The van der Waals surface area contributed by atoms with Crippen molar-refractivity contribution < 1.29 is 0 Å². The third-order valence-corrected chi connectivity index (χ3v) is 3.14. The molecule has 0 radical (unpaired) electrons. The molecule has 0 saturated carbocycles. The van der Waals surface area contributed by atoms with Gasteiger partial charge in [0.05, 0.1) is 12.1 Å². The van der Waals surface area contributed by atoms with Gasteiger partial charge in [-0.2, -0.15) is 5.26 Å². The van der Waals surface area contributed by atoms with Gasteiger partial charge in [-0.05, 0) is 25.3 Å². The first-order chi connectivity index (χ1) is 7.70. The van der Waals surface area contributed by atoms with E-state index in [9.17, 15) is 0 Å². The quantitative estimate of drug-likeness (QED) is 0.715. The van der Waals surface area contributed by atoms with Crippen molar-refractivity contribution in [2.75, 3.05) is 7.05 Å². The summed E-state index contributed by atoms with van der Waals surface area (Å²) in [6.07, 6.45) is 3.88. The van der Waals surface area contributed by atoms with Crippen LogP contribution in [0.5, 0.6) is 0 Å². The second-order valence-corrected chi connectivity index (χ2v) is 4.40. The molecule has 1 atom stereocenters. The first-order valence-electron chi connectivity index (χ1n) is 5.60. The van der Waals surface area contributed by atoms with Gasteiger partial charge in [-0.15, -0.1) is 0 Å². The average Bonchev–Trinajstić information content (AvgIpc) is 2.30. The number of aryl methyl sites for hydroxylation is 1. The van der Waals surface area contributed by atoms with Crippen molar-refractivity contribution in [1.82, 2.24) is 4.90 Å². The highest BCUT2D eigenvalue weighted by Crippen LogP contribution is 2.31. The van der Waals surface area contributed by atoms with E-state index in [0.29, 0.717) is 6.04 Å². The Balaban J connectivity index is 2.21. The van der Waals surface area contributed by atoms with Crippen LogP contribution in [0.1, 0.15) is 30.0 Å². The lowest BCUT2D eigenvalue weighted by Gasteiger charge is -2.31. The van der Waals surface area contributed by atoms with Gasteiger partial charge >= 0.3 is 0 Å². The summed E-state index contributed by atoms with van der Waals surface area (Å²) in [6, 6.07) is 11.3. The monoisotopic (exact) mass is 212 g/mol. The summed E-state index contributed by atoms with van der Waals surface area (Å²) in [4.78, 5) is 2.15. The molecular formula is C14H16N2. The highest BCUT2D eigenvalue weighted by Gasteiger charge is 2.19. The number of hydrogen-bond acceptors (Lipinski definition) is 2. The van der Waals surface area contributed by atoms with Crippen LogP contribution in [0.4, 0.5) is 0 Å². The summed E-state index contributed by atoms with van der Waals surface area (Å²) in [5, 5.41) is 8.86. The average molecular weight is 212 g/mol. The van der Waals surface area contributed by atoms with Crippen molar-refractivity contribution in [3.05, 3.63) is 47.2 Å². The smallest absolute Gasteiger partial charge is 0.0962 e. The zero-order valence-corrected chi connectivity index (χ0v) is 9.77. The molecule has 0 unspecified atom stereocenters. The van der Waals surface area contributed by atoms with Crippen LogP contribution in [0.2, 0.25) is 0 Å². The molecule has 0 fully saturated rings. The van der Waals surface area contributed by atoms with E-state index in [0.717, 1.165) is 18.4 Å². The summed E-state index contributed by atoms with van der Waals surface area (Å²) < 4.78 is 0. The van der Waals surface area contributed by atoms with E-state index >= 15 is 0 Å². The van der Waals surface area contributed by atoms with Gasteiger partial charge in [0.15, 0.2) is 0 Å². The van der Waals surface area contributed by atoms with Crippen LogP contribution in [-0.4, -0.2) is 11.9 Å². The van der Waals surface area contributed by atoms with Crippen molar-refractivity contribution in [3.8, 4) is 6.07 Å². The van der Waals surface area contributed by atoms with Crippen molar-refractivity contribution in [3.63, 3.8) is 0 Å². The van der Waals surface area contributed by atoms with E-state index in [1.54, 1.807) is 0 Å². The van der Waals surface area contributed by atoms with E-state index in [2.05, 4.69) is 42.2 Å². The molecule has 2 nitrogen and oxygen atoms in total. The number of nitriles is 1. The Kier molecular flexibility index (Phi) is 2.96. The highest BCUT2D eigenvalue weighted by atomic mass is 15.1. The van der Waals surface area contributed by atoms with Crippen LogP contribution in [0.25, 0.3) is 0 Å². The predicted molar refractivity (Wildman–Crippen MR) is 64.6 cm³/mol. The molecular weight excluding hydrogens is 196 g/mol. The topological polar surface area (TPSA) is 27.0 Å². The molecule has 1 aliphatic rings. The molecule has 1 aromatic rings. The molecule has 0 N–H and O–H groups in total. The van der Waals surface area contributed by atoms with Gasteiger partial charge in [0.25, 0.3) is 0 Å². The summed E-state index contributed by atoms with van der Waals surface area (Å²) in [5.74, 6) is 0. The lowest BCUT2D eigenvalue weighted by Crippen LogP contribution is -2.23. The number of allylic oxidation sites excluding steroid dienone is 1. The van der Waals surface area contributed by atoms with E-state index < -0.39 is 0 Å². The fourth-order valence-corrected chi connectivity index (χ4v) is 2.17. The number of rotatable bonds is 1. The highest BCUT2D eigenvalue weighted by molar-refractivity contribution is 5.29. The number of hydrogen-bond donors (Lipinski definition) is 0. The Bertz CT molecular complexity index is 437. The fourth-order valence-electron chi connectivity index (χ4n) is 2.17. The van der Waals surface area contributed by atoms with Crippen molar-refractivity contribution >= 4 is 0 Å². The zero-order chi connectivity index (χ0) is 11.5. The first kappa shape index (κ1) is 10.8. The predicted octanol–water partition coefficient (Wildman–Crippen LogP) is 3.17. The second-order valence-electron chi connectivity index (χ2n) is 4.40. The van der Waals surface area contributed by atoms with Crippen LogP contribution >= 0.6 is 0 Å². The minimum atomic E-state index is 0.415. The van der Waals surface area contributed by atoms with E-state index in [-0.39, 0.29) is 0 Å². The van der Waals surface area contributed by atoms with E-state index in [4.69, 9.17) is 5.26 Å². The Morgan fingerprint density at radius 2 is 2.00 bits per heavy atom. The van der Waals surface area contributed by atoms with E-state index in [1.807, 2.05) is 13.2 Å². The summed E-state index contributed by atoms with van der Waals surface area (Å²) in [5.41, 5.74) is 3.50. The van der Waals surface area contributed by atoms with Gasteiger partial charge in [0, 0.05) is 18.8 Å². The van der Waals surface area contributed by atoms with Gasteiger partial charge in [0.2, 0.25) is 0 Å². The Hall–Kier alpha value is -1.75. The molecule has 0 saturated heterocycles. The first-order valence-corrected chi connectivity index (χ1v) is 5.60. The van der Waals surface area contributed by atoms with Gasteiger partial charge in [0.1, 0.15) is 0 Å². The zero-order valence-electron chi connectivity index (χ0n) is 9.77. The lowest BCUT2D eigenvalue weighted by atomic mass is 9.95. The number of benzene rings is 1. The minimum absolute atomic E-state index is 0.415. The second kappa shape index (κ2) is 4.40. The SMILES string of the molecule is Cc1ccc([C@@H]2CCC(C#N)=CN2C)cc1. The Morgan fingerprint density at radius 3 is 2.56 bits per heavy atom. The summed E-state index contributed by atoms with van der Waals surface area (Å²) in [6.45, 7) is 2.10. The van der Waals surface area contributed by atoms with Crippen molar-refractivity contribution in [1.29, 1.82) is 5.26 Å². The molecule has 2 rings (SSSR count). The van der Waals surface area contributed by atoms with Crippen LogP contribution in [-0.2, 0) is 0 Å². The van der Waals surface area contributed by atoms with Crippen molar-refractivity contribution in [2.45, 2.75) is 25.8 Å². The molecule has 0 aliphatic carbocycles. The fraction of sp³-hybridized carbons (Fsp3) is 0.357. The van der Waals surface area contributed by atoms with Crippen LogP contribution in [0.15, 0.2) is 36.0 Å². The molecule has 82 valence electrons. The largest absolute Gasteiger partial charge is 0.373 e. The molecule has 0 amide bonds. The molecule has 16 heavy (non-hydrogen) atoms. The molecule has 2 heteroatoms. The maximum Gasteiger partial charge on any atom is 0.0962 e. The van der Waals surface area contributed by atoms with Gasteiger partial charge < -0.3 is 4.90 Å². The third kappa shape index (κ3) is 2.09. The van der Waals surface area contributed by atoms with Crippen molar-refractivity contribution in [2.24, 2.45) is 0 Å². The van der Waals surface area contributed by atoms with Crippen LogP contribution in [0.3, 0.4) is 0 Å². The van der Waals surface area contributed by atoms with Gasteiger partial charge in [-0.3, -0.25) is 0 Å². The maximum absolute atomic E-state index is 8.86. The normalized spacial score (nSPS) is 20.2. The Morgan fingerprint density at radius 1 is 1.31 bits per heavy atom. The number of nitrogens with zero attached hydrogens (tertiary/aromatic N) is 2. The third-order valence-electron chi connectivity index (χ3n) is 3.14. The molecule has 0 spiro atoms. The maximum atomic E-state index is 8.86. The molecule has 1 aliphatic heterocycles. The lowest BCUT2D eigenvalue weighted by molar-refractivity contribution is 0.300. The van der Waals surface area contributed by atoms with E-state index in [1.165, 1.54) is 11.1 Å².